The lowest BCUT2D eigenvalue weighted by atomic mass is 10.2. The van der Waals surface area contributed by atoms with Gasteiger partial charge in [-0.3, -0.25) is 14.6 Å². The van der Waals surface area contributed by atoms with Crippen molar-refractivity contribution in [2.75, 3.05) is 5.32 Å². The minimum Gasteiger partial charge on any atom is -0.304 e. The zero-order valence-corrected chi connectivity index (χ0v) is 13.7. The number of halogens is 2. The first-order valence-corrected chi connectivity index (χ1v) is 7.57. The van der Waals surface area contributed by atoms with Gasteiger partial charge in [0.15, 0.2) is 5.82 Å². The van der Waals surface area contributed by atoms with Crippen LogP contribution in [0.2, 0.25) is 10.0 Å². The molecule has 8 heteroatoms. The van der Waals surface area contributed by atoms with E-state index in [0.29, 0.717) is 17.4 Å². The Morgan fingerprint density at radius 2 is 2.04 bits per heavy atom. The van der Waals surface area contributed by atoms with Crippen LogP contribution >= 0.6 is 23.2 Å². The van der Waals surface area contributed by atoms with Crippen molar-refractivity contribution in [2.45, 2.75) is 13.5 Å². The van der Waals surface area contributed by atoms with Gasteiger partial charge in [-0.2, -0.15) is 10.2 Å². The van der Waals surface area contributed by atoms with E-state index >= 15 is 0 Å². The van der Waals surface area contributed by atoms with E-state index in [-0.39, 0.29) is 16.6 Å². The summed E-state index contributed by atoms with van der Waals surface area (Å²) in [6.45, 7) is 2.51. The summed E-state index contributed by atoms with van der Waals surface area (Å²) in [7, 11) is 0. The predicted octanol–water partition coefficient (Wildman–Crippen LogP) is 3.52. The molecule has 0 radical (unpaired) electrons. The van der Waals surface area contributed by atoms with Crippen LogP contribution in [0.4, 0.5) is 5.82 Å². The summed E-state index contributed by atoms with van der Waals surface area (Å²) in [5, 5.41) is 14.3. The number of hydrogen-bond acceptors (Lipinski definition) is 3. The second-order valence-corrected chi connectivity index (χ2v) is 5.85. The Hall–Kier alpha value is -2.31. The standard InChI is InChI=1S/C15H13Cl2N5O/c1-9-6-13(19-15(23)14-12(17)7-18-20-14)21-22(9)8-10-2-4-11(16)5-3-10/h2-7H,8H2,1H3,(H,18,20)(H,19,21,23). The lowest BCUT2D eigenvalue weighted by Crippen LogP contribution is -2.14. The molecule has 0 aliphatic heterocycles. The van der Waals surface area contributed by atoms with Crippen molar-refractivity contribution >= 4 is 34.9 Å². The van der Waals surface area contributed by atoms with Crippen molar-refractivity contribution in [1.82, 2.24) is 20.0 Å². The maximum Gasteiger partial charge on any atom is 0.276 e. The minimum atomic E-state index is -0.386. The highest BCUT2D eigenvalue weighted by Crippen LogP contribution is 2.16. The molecule has 0 fully saturated rings. The van der Waals surface area contributed by atoms with Gasteiger partial charge in [0.25, 0.3) is 5.91 Å². The molecule has 0 saturated heterocycles. The molecule has 3 rings (SSSR count). The fourth-order valence-electron chi connectivity index (χ4n) is 2.10. The zero-order chi connectivity index (χ0) is 16.4. The topological polar surface area (TPSA) is 75.6 Å². The van der Waals surface area contributed by atoms with Crippen molar-refractivity contribution < 1.29 is 4.79 Å². The Kier molecular flexibility index (Phi) is 4.36. The van der Waals surface area contributed by atoms with Gasteiger partial charge in [0.2, 0.25) is 0 Å². The Labute approximate surface area is 142 Å². The first kappa shape index (κ1) is 15.6. The summed E-state index contributed by atoms with van der Waals surface area (Å²) < 4.78 is 1.80. The van der Waals surface area contributed by atoms with Crippen LogP contribution in [0.5, 0.6) is 0 Å². The van der Waals surface area contributed by atoms with Gasteiger partial charge < -0.3 is 5.32 Å². The number of hydrogen-bond donors (Lipinski definition) is 2. The number of nitrogens with one attached hydrogen (secondary N) is 2. The van der Waals surface area contributed by atoms with Crippen molar-refractivity contribution in [3.05, 3.63) is 63.5 Å². The number of rotatable bonds is 4. The van der Waals surface area contributed by atoms with Gasteiger partial charge in [0.1, 0.15) is 5.69 Å². The van der Waals surface area contributed by atoms with Gasteiger partial charge in [0, 0.05) is 16.8 Å². The maximum absolute atomic E-state index is 12.1. The molecule has 0 aliphatic carbocycles. The minimum absolute atomic E-state index is 0.205. The summed E-state index contributed by atoms with van der Waals surface area (Å²) in [6, 6.07) is 9.33. The van der Waals surface area contributed by atoms with Crippen LogP contribution in [0.3, 0.4) is 0 Å². The molecule has 2 heterocycles. The number of nitrogens with zero attached hydrogens (tertiary/aromatic N) is 3. The van der Waals surface area contributed by atoms with E-state index < -0.39 is 0 Å². The lowest BCUT2D eigenvalue weighted by molar-refractivity contribution is 0.102. The van der Waals surface area contributed by atoms with Crippen LogP contribution in [0.25, 0.3) is 0 Å². The van der Waals surface area contributed by atoms with Crippen molar-refractivity contribution in [3.8, 4) is 0 Å². The molecule has 23 heavy (non-hydrogen) atoms. The summed E-state index contributed by atoms with van der Waals surface area (Å²) in [5.74, 6) is 0.0655. The van der Waals surface area contributed by atoms with Gasteiger partial charge in [-0.15, -0.1) is 0 Å². The first-order chi connectivity index (χ1) is 11.0. The summed E-state index contributed by atoms with van der Waals surface area (Å²) in [5.41, 5.74) is 2.19. The van der Waals surface area contributed by atoms with Crippen LogP contribution in [0.1, 0.15) is 21.7 Å². The van der Waals surface area contributed by atoms with Crippen LogP contribution < -0.4 is 5.32 Å². The molecule has 2 aromatic heterocycles. The van der Waals surface area contributed by atoms with Crippen LogP contribution in [0.15, 0.2) is 36.5 Å². The summed E-state index contributed by atoms with van der Waals surface area (Å²) in [6.07, 6.45) is 1.38. The molecule has 1 aromatic carbocycles. The number of benzene rings is 1. The third kappa shape index (κ3) is 3.55. The first-order valence-electron chi connectivity index (χ1n) is 6.82. The van der Waals surface area contributed by atoms with Gasteiger partial charge in [-0.25, -0.2) is 0 Å². The Morgan fingerprint density at radius 1 is 1.30 bits per heavy atom. The van der Waals surface area contributed by atoms with Gasteiger partial charge in [-0.05, 0) is 24.6 Å². The third-order valence-corrected chi connectivity index (χ3v) is 3.83. The highest BCUT2D eigenvalue weighted by atomic mass is 35.5. The quantitative estimate of drug-likeness (QED) is 0.756. The number of amides is 1. The molecule has 6 nitrogen and oxygen atoms in total. The van der Waals surface area contributed by atoms with Crippen LogP contribution in [-0.2, 0) is 6.54 Å². The van der Waals surface area contributed by atoms with E-state index in [1.165, 1.54) is 6.20 Å². The maximum atomic E-state index is 12.1. The van der Waals surface area contributed by atoms with Gasteiger partial charge >= 0.3 is 0 Å². The monoisotopic (exact) mass is 349 g/mol. The van der Waals surface area contributed by atoms with E-state index in [1.807, 2.05) is 31.2 Å². The fraction of sp³-hybridized carbons (Fsp3) is 0.133. The third-order valence-electron chi connectivity index (χ3n) is 3.29. The molecule has 0 atom stereocenters. The number of aryl methyl sites for hydroxylation is 1. The highest BCUT2D eigenvalue weighted by Gasteiger charge is 2.14. The molecule has 1 amide bonds. The van der Waals surface area contributed by atoms with Crippen molar-refractivity contribution in [1.29, 1.82) is 0 Å². The second-order valence-electron chi connectivity index (χ2n) is 5.00. The van der Waals surface area contributed by atoms with Crippen molar-refractivity contribution in [2.24, 2.45) is 0 Å². The van der Waals surface area contributed by atoms with E-state index in [2.05, 4.69) is 20.6 Å². The van der Waals surface area contributed by atoms with E-state index in [1.54, 1.807) is 10.7 Å². The number of carbonyl (C=O) groups excluding carboxylic acids is 1. The molecule has 0 spiro atoms. The van der Waals surface area contributed by atoms with Crippen LogP contribution in [0, 0.1) is 6.92 Å². The molecule has 3 aromatic rings. The smallest absolute Gasteiger partial charge is 0.276 e. The average molecular weight is 350 g/mol. The number of H-pyrrole nitrogens is 1. The van der Waals surface area contributed by atoms with E-state index in [4.69, 9.17) is 23.2 Å². The lowest BCUT2D eigenvalue weighted by Gasteiger charge is -2.04. The largest absolute Gasteiger partial charge is 0.304 e. The summed E-state index contributed by atoms with van der Waals surface area (Å²) >= 11 is 11.7. The Balaban J connectivity index is 1.74. The van der Waals surface area contributed by atoms with Crippen molar-refractivity contribution in [3.63, 3.8) is 0 Å². The number of carbonyl (C=O) groups is 1. The SMILES string of the molecule is Cc1cc(NC(=O)c2[nH]ncc2Cl)nn1Cc1ccc(Cl)cc1. The average Bonchev–Trinajstić information content (AvgIpc) is 3.08. The second kappa shape index (κ2) is 6.44. The highest BCUT2D eigenvalue weighted by molar-refractivity contribution is 6.34. The fourth-order valence-corrected chi connectivity index (χ4v) is 2.41. The van der Waals surface area contributed by atoms with Gasteiger partial charge in [-0.1, -0.05) is 35.3 Å². The molecule has 0 bridgehead atoms. The Morgan fingerprint density at radius 3 is 2.70 bits per heavy atom. The molecule has 0 aliphatic rings. The zero-order valence-electron chi connectivity index (χ0n) is 12.2. The van der Waals surface area contributed by atoms with E-state index in [0.717, 1.165) is 11.3 Å². The molecule has 0 unspecified atom stereocenters. The molecule has 0 saturated carbocycles. The van der Waals surface area contributed by atoms with Gasteiger partial charge in [0.05, 0.1) is 17.8 Å². The number of anilines is 1. The molecule has 118 valence electrons. The molecular formula is C15H13Cl2N5O. The van der Waals surface area contributed by atoms with E-state index in [9.17, 15) is 4.79 Å². The molecular weight excluding hydrogens is 337 g/mol. The predicted molar refractivity (Wildman–Crippen MR) is 89.1 cm³/mol. The molecule has 2 N–H and O–H groups in total. The van der Waals surface area contributed by atoms with Crippen LogP contribution in [-0.4, -0.2) is 25.9 Å². The number of aromatic nitrogens is 4. The Bertz CT molecular complexity index is 838. The summed E-state index contributed by atoms with van der Waals surface area (Å²) in [4.78, 5) is 12.1. The normalized spacial score (nSPS) is 10.7. The number of aromatic amines is 1.